The lowest BCUT2D eigenvalue weighted by molar-refractivity contribution is -0.206. The van der Waals surface area contributed by atoms with E-state index in [1.807, 2.05) is 0 Å². The van der Waals surface area contributed by atoms with Crippen LogP contribution < -0.4 is 5.32 Å². The number of carbonyl (C=O) groups is 3. The molecule has 11 heteroatoms. The molecule has 2 N–H and O–H groups in total. The molecule has 1 fully saturated rings. The van der Waals surface area contributed by atoms with Gasteiger partial charge < -0.3 is 20.0 Å². The number of carbonyl (C=O) groups excluding carboxylic acids is 3. The van der Waals surface area contributed by atoms with E-state index in [0.717, 1.165) is 5.39 Å². The number of halogens is 2. The number of fused-ring (bicyclic) bond motifs is 1. The molecule has 0 spiro atoms. The van der Waals surface area contributed by atoms with Gasteiger partial charge >= 0.3 is 5.97 Å². The maximum Gasteiger partial charge on any atom is 0.330 e. The minimum absolute atomic E-state index is 0.101. The Balaban J connectivity index is 1.46. The lowest BCUT2D eigenvalue weighted by Crippen LogP contribution is -2.53. The number of amides is 2. The zero-order chi connectivity index (χ0) is 28.3. The van der Waals surface area contributed by atoms with Crippen molar-refractivity contribution in [2.45, 2.75) is 52.1 Å². The molecule has 3 heterocycles. The standard InChI is InChI=1S/C28H33ClFN5O4/c1-28(2,3)27(38)39-35-11-9-20(10-12-35)34(4)26(37)22(13-17-5-7-19(30)8-6-17)33-25(36)21-14-18-15-24(29)31-16-23(18)32-21/h5-8,14-16,20,22,32H,9-13H2,1-4H3,(H,33,36)/t22-/m0/s1. The second kappa shape index (κ2) is 11.7. The SMILES string of the molecule is CN(C(=O)[C@H](Cc1ccc(F)cc1)NC(=O)c1cc2cc(Cl)ncc2[nH]1)C1CCN(OC(=O)C(C)(C)C)CC1. The number of nitrogens with one attached hydrogen (secondary N) is 2. The number of piperidine rings is 1. The third kappa shape index (κ3) is 7.13. The zero-order valence-electron chi connectivity index (χ0n) is 22.5. The van der Waals surface area contributed by atoms with Crippen molar-refractivity contribution in [3.05, 3.63) is 64.8 Å². The number of H-pyrrole nitrogens is 1. The van der Waals surface area contributed by atoms with E-state index < -0.39 is 17.4 Å². The number of aromatic nitrogens is 2. The third-order valence-electron chi connectivity index (χ3n) is 6.82. The summed E-state index contributed by atoms with van der Waals surface area (Å²) in [5, 5.41) is 5.52. The summed E-state index contributed by atoms with van der Waals surface area (Å²) in [6.07, 6.45) is 2.93. The Morgan fingerprint density at radius 2 is 1.87 bits per heavy atom. The van der Waals surface area contributed by atoms with Crippen molar-refractivity contribution in [3.63, 3.8) is 0 Å². The normalized spacial score (nSPS) is 15.6. The molecule has 2 amide bonds. The molecule has 3 aromatic rings. The molecule has 0 bridgehead atoms. The number of aromatic amines is 1. The Kier molecular flexibility index (Phi) is 8.56. The molecule has 0 unspecified atom stereocenters. The topological polar surface area (TPSA) is 108 Å². The first kappa shape index (κ1) is 28.5. The smallest absolute Gasteiger partial charge is 0.330 e. The number of rotatable bonds is 7. The fourth-order valence-corrected chi connectivity index (χ4v) is 4.59. The predicted octanol–water partition coefficient (Wildman–Crippen LogP) is 4.12. The van der Waals surface area contributed by atoms with Crippen molar-refractivity contribution in [3.8, 4) is 0 Å². The Bertz CT molecular complexity index is 1350. The highest BCUT2D eigenvalue weighted by Gasteiger charge is 2.33. The molecule has 2 aromatic heterocycles. The molecule has 0 aliphatic carbocycles. The summed E-state index contributed by atoms with van der Waals surface area (Å²) in [7, 11) is 1.71. The van der Waals surface area contributed by atoms with Crippen LogP contribution >= 0.6 is 11.6 Å². The first-order valence-electron chi connectivity index (χ1n) is 12.8. The van der Waals surface area contributed by atoms with E-state index in [9.17, 15) is 18.8 Å². The van der Waals surface area contributed by atoms with Gasteiger partial charge in [-0.1, -0.05) is 23.7 Å². The Morgan fingerprint density at radius 1 is 1.21 bits per heavy atom. The summed E-state index contributed by atoms with van der Waals surface area (Å²) >= 11 is 5.97. The minimum Gasteiger partial charge on any atom is -0.367 e. The maximum atomic E-state index is 13.7. The van der Waals surface area contributed by atoms with Crippen molar-refractivity contribution in [2.75, 3.05) is 20.1 Å². The molecular formula is C28H33ClFN5O4. The molecular weight excluding hydrogens is 525 g/mol. The van der Waals surface area contributed by atoms with Crippen LogP contribution in [0, 0.1) is 11.2 Å². The van der Waals surface area contributed by atoms with Crippen LogP contribution in [0.3, 0.4) is 0 Å². The molecule has 39 heavy (non-hydrogen) atoms. The number of hydrogen-bond donors (Lipinski definition) is 2. The fourth-order valence-electron chi connectivity index (χ4n) is 4.42. The average Bonchev–Trinajstić information content (AvgIpc) is 3.32. The lowest BCUT2D eigenvalue weighted by Gasteiger charge is -2.37. The highest BCUT2D eigenvalue weighted by molar-refractivity contribution is 6.30. The number of hydrogen-bond acceptors (Lipinski definition) is 6. The summed E-state index contributed by atoms with van der Waals surface area (Å²) in [5.74, 6) is -1.41. The molecule has 4 rings (SSSR count). The number of likely N-dealkylation sites (N-methyl/N-ethyl adjacent to an activating group) is 1. The monoisotopic (exact) mass is 557 g/mol. The summed E-state index contributed by atoms with van der Waals surface area (Å²) in [5.41, 5.74) is 1.01. The van der Waals surface area contributed by atoms with Gasteiger partial charge in [-0.25, -0.2) is 14.2 Å². The van der Waals surface area contributed by atoms with E-state index in [0.29, 0.717) is 42.2 Å². The van der Waals surface area contributed by atoms with Crippen LogP contribution in [0.5, 0.6) is 0 Å². The second-order valence-corrected chi connectivity index (χ2v) is 11.3. The van der Waals surface area contributed by atoms with E-state index in [1.165, 1.54) is 18.3 Å². The first-order valence-corrected chi connectivity index (χ1v) is 13.2. The summed E-state index contributed by atoms with van der Waals surface area (Å²) in [6, 6.07) is 8.15. The number of pyridine rings is 1. The number of benzene rings is 1. The van der Waals surface area contributed by atoms with Crippen molar-refractivity contribution in [1.29, 1.82) is 0 Å². The van der Waals surface area contributed by atoms with Crippen LogP contribution in [0.2, 0.25) is 5.15 Å². The second-order valence-electron chi connectivity index (χ2n) is 10.9. The van der Waals surface area contributed by atoms with E-state index in [1.54, 1.807) is 62.0 Å². The van der Waals surface area contributed by atoms with Crippen LogP contribution in [0.4, 0.5) is 4.39 Å². The molecule has 208 valence electrons. The lowest BCUT2D eigenvalue weighted by atomic mass is 9.97. The largest absolute Gasteiger partial charge is 0.367 e. The zero-order valence-corrected chi connectivity index (χ0v) is 23.2. The highest BCUT2D eigenvalue weighted by Crippen LogP contribution is 2.22. The van der Waals surface area contributed by atoms with Gasteiger partial charge in [-0.15, -0.1) is 5.06 Å². The van der Waals surface area contributed by atoms with Crippen molar-refractivity contribution < 1.29 is 23.6 Å². The van der Waals surface area contributed by atoms with Gasteiger partial charge in [-0.3, -0.25) is 9.59 Å². The van der Waals surface area contributed by atoms with Crippen LogP contribution in [-0.2, 0) is 20.8 Å². The predicted molar refractivity (Wildman–Crippen MR) is 145 cm³/mol. The summed E-state index contributed by atoms with van der Waals surface area (Å²) in [6.45, 7) is 6.37. The van der Waals surface area contributed by atoms with Crippen molar-refractivity contribution >= 4 is 40.3 Å². The maximum absolute atomic E-state index is 13.7. The van der Waals surface area contributed by atoms with Crippen LogP contribution in [0.25, 0.3) is 10.9 Å². The fraction of sp³-hybridized carbons (Fsp3) is 0.429. The van der Waals surface area contributed by atoms with E-state index in [2.05, 4.69) is 15.3 Å². The van der Waals surface area contributed by atoms with Crippen LogP contribution in [-0.4, -0.2) is 69.9 Å². The van der Waals surface area contributed by atoms with Gasteiger partial charge in [0.25, 0.3) is 5.91 Å². The quantitative estimate of drug-likeness (QED) is 0.423. The molecule has 1 aliphatic rings. The molecule has 9 nitrogen and oxygen atoms in total. The van der Waals surface area contributed by atoms with Gasteiger partial charge in [-0.05, 0) is 63.4 Å². The summed E-state index contributed by atoms with van der Waals surface area (Å²) in [4.78, 5) is 53.3. The molecule has 1 aliphatic heterocycles. The van der Waals surface area contributed by atoms with Crippen LogP contribution in [0.1, 0.15) is 49.7 Å². The van der Waals surface area contributed by atoms with Crippen molar-refractivity contribution in [2.24, 2.45) is 5.41 Å². The molecule has 0 radical (unpaired) electrons. The highest BCUT2D eigenvalue weighted by atomic mass is 35.5. The van der Waals surface area contributed by atoms with Gasteiger partial charge in [0.05, 0.1) is 17.1 Å². The molecule has 1 atom stereocenters. The van der Waals surface area contributed by atoms with Crippen LogP contribution in [0.15, 0.2) is 42.6 Å². The first-order chi connectivity index (χ1) is 18.4. The summed E-state index contributed by atoms with van der Waals surface area (Å²) < 4.78 is 13.5. The van der Waals surface area contributed by atoms with E-state index in [-0.39, 0.29) is 35.9 Å². The van der Waals surface area contributed by atoms with E-state index >= 15 is 0 Å². The Morgan fingerprint density at radius 3 is 2.51 bits per heavy atom. The molecule has 1 saturated heterocycles. The molecule has 1 aromatic carbocycles. The van der Waals surface area contributed by atoms with Gasteiger partial charge in [0, 0.05) is 38.0 Å². The molecule has 0 saturated carbocycles. The third-order valence-corrected chi connectivity index (χ3v) is 7.02. The van der Waals surface area contributed by atoms with Gasteiger partial charge in [0.2, 0.25) is 5.91 Å². The number of hydroxylamine groups is 2. The average molecular weight is 558 g/mol. The number of nitrogens with zero attached hydrogens (tertiary/aromatic N) is 3. The van der Waals surface area contributed by atoms with Crippen molar-refractivity contribution in [1.82, 2.24) is 25.2 Å². The Hall–Kier alpha value is -3.50. The van der Waals surface area contributed by atoms with Gasteiger partial charge in [-0.2, -0.15) is 0 Å². The van der Waals surface area contributed by atoms with E-state index in [4.69, 9.17) is 16.4 Å². The van der Waals surface area contributed by atoms with Gasteiger partial charge in [0.15, 0.2) is 0 Å². The van der Waals surface area contributed by atoms with Gasteiger partial charge in [0.1, 0.15) is 22.7 Å². The Labute approximate surface area is 231 Å². The minimum atomic E-state index is -0.891.